The van der Waals surface area contributed by atoms with Crippen LogP contribution in [0.15, 0.2) is 0 Å². The summed E-state index contributed by atoms with van der Waals surface area (Å²) in [5.41, 5.74) is 0. The van der Waals surface area contributed by atoms with Crippen molar-refractivity contribution in [1.29, 1.82) is 0 Å². The molecule has 0 aromatic carbocycles. The minimum atomic E-state index is -3.02. The van der Waals surface area contributed by atoms with Crippen LogP contribution in [0.3, 0.4) is 0 Å². The Kier molecular flexibility index (Phi) is 8.43. The number of hydrogen-bond acceptors (Lipinski definition) is 6. The van der Waals surface area contributed by atoms with E-state index in [0.29, 0.717) is 19.8 Å². The van der Waals surface area contributed by atoms with Gasteiger partial charge in [-0.3, -0.25) is 14.3 Å². The second-order valence-corrected chi connectivity index (χ2v) is 5.67. The highest BCUT2D eigenvalue weighted by Gasteiger charge is 2.24. The van der Waals surface area contributed by atoms with Crippen molar-refractivity contribution in [3.63, 3.8) is 0 Å². The molecule has 7 heteroatoms. The van der Waals surface area contributed by atoms with E-state index in [1.807, 2.05) is 0 Å². The van der Waals surface area contributed by atoms with Crippen LogP contribution in [0.5, 0.6) is 0 Å². The van der Waals surface area contributed by atoms with Gasteiger partial charge >= 0.3 is 13.6 Å². The first-order chi connectivity index (χ1) is 7.97. The molecular formula is C10H22NO5P. The van der Waals surface area contributed by atoms with E-state index >= 15 is 0 Å². The summed E-state index contributed by atoms with van der Waals surface area (Å²) in [5, 5.41) is 0. The number of likely N-dealkylation sites (N-methyl/N-ethyl adjacent to an activating group) is 1. The molecule has 0 spiro atoms. The molecule has 0 aromatic rings. The fourth-order valence-corrected chi connectivity index (χ4v) is 2.92. The van der Waals surface area contributed by atoms with Crippen LogP contribution >= 0.6 is 7.60 Å². The fraction of sp³-hybridized carbons (Fsp3) is 0.900. The number of carbonyl (C=O) groups excluding carboxylic acids is 1. The lowest BCUT2D eigenvalue weighted by Crippen LogP contribution is -2.29. The van der Waals surface area contributed by atoms with Crippen LogP contribution in [0, 0.1) is 0 Å². The zero-order valence-electron chi connectivity index (χ0n) is 11.0. The first kappa shape index (κ1) is 16.6. The standard InChI is InChI=1S/C10H22NO5P/c1-5-15-17(13,16-6-2)8-7-11(3)9-10(12)14-4/h5-9H2,1-4H3. The Balaban J connectivity index is 4.12. The second-order valence-electron chi connectivity index (χ2n) is 3.48. The van der Waals surface area contributed by atoms with Gasteiger partial charge in [-0.2, -0.15) is 0 Å². The van der Waals surface area contributed by atoms with E-state index in [1.54, 1.807) is 25.8 Å². The van der Waals surface area contributed by atoms with Crippen LogP contribution in [0.1, 0.15) is 13.8 Å². The van der Waals surface area contributed by atoms with Gasteiger partial charge in [0.2, 0.25) is 0 Å². The van der Waals surface area contributed by atoms with E-state index in [4.69, 9.17) is 9.05 Å². The first-order valence-electron chi connectivity index (χ1n) is 5.61. The van der Waals surface area contributed by atoms with Crippen molar-refractivity contribution < 1.29 is 23.1 Å². The lowest BCUT2D eigenvalue weighted by molar-refractivity contribution is -0.141. The van der Waals surface area contributed by atoms with Crippen LogP contribution in [0.25, 0.3) is 0 Å². The number of hydrogen-bond donors (Lipinski definition) is 0. The molecule has 0 rings (SSSR count). The average Bonchev–Trinajstić information content (AvgIpc) is 2.27. The van der Waals surface area contributed by atoms with Crippen molar-refractivity contribution in [2.45, 2.75) is 13.8 Å². The van der Waals surface area contributed by atoms with Crippen molar-refractivity contribution in [2.75, 3.05) is 46.6 Å². The highest BCUT2D eigenvalue weighted by atomic mass is 31.2. The molecule has 17 heavy (non-hydrogen) atoms. The molecule has 0 saturated carbocycles. The molecule has 102 valence electrons. The highest BCUT2D eigenvalue weighted by Crippen LogP contribution is 2.47. The van der Waals surface area contributed by atoms with Gasteiger partial charge < -0.3 is 13.8 Å². The van der Waals surface area contributed by atoms with Crippen LogP contribution in [0.2, 0.25) is 0 Å². The molecule has 0 bridgehead atoms. The third kappa shape index (κ3) is 7.49. The van der Waals surface area contributed by atoms with Gasteiger partial charge in [-0.15, -0.1) is 0 Å². The summed E-state index contributed by atoms with van der Waals surface area (Å²) in [7, 11) is 0.0651. The summed E-state index contributed by atoms with van der Waals surface area (Å²) in [6, 6.07) is 0. The topological polar surface area (TPSA) is 65.1 Å². The average molecular weight is 267 g/mol. The van der Waals surface area contributed by atoms with E-state index in [-0.39, 0.29) is 18.7 Å². The summed E-state index contributed by atoms with van der Waals surface area (Å²) in [5.74, 6) is -0.324. The predicted molar refractivity (Wildman–Crippen MR) is 65.2 cm³/mol. The van der Waals surface area contributed by atoms with Gasteiger partial charge in [-0.05, 0) is 20.9 Å². The fourth-order valence-electron chi connectivity index (χ4n) is 1.22. The van der Waals surface area contributed by atoms with Gasteiger partial charge in [0.1, 0.15) is 0 Å². The second kappa shape index (κ2) is 8.64. The third-order valence-electron chi connectivity index (χ3n) is 2.03. The first-order valence-corrected chi connectivity index (χ1v) is 7.33. The molecule has 0 aromatic heterocycles. The van der Waals surface area contributed by atoms with E-state index in [2.05, 4.69) is 4.74 Å². The van der Waals surface area contributed by atoms with Gasteiger partial charge in [0, 0.05) is 6.54 Å². The summed E-state index contributed by atoms with van der Waals surface area (Å²) in [6.07, 6.45) is 0.266. The molecule has 0 N–H and O–H groups in total. The molecule has 0 aliphatic heterocycles. The largest absolute Gasteiger partial charge is 0.468 e. The molecule has 0 aliphatic rings. The Hall–Kier alpha value is -0.420. The molecule has 6 nitrogen and oxygen atoms in total. The maximum Gasteiger partial charge on any atom is 0.331 e. The number of rotatable bonds is 9. The molecule has 0 fully saturated rings. The quantitative estimate of drug-likeness (QED) is 0.464. The molecular weight excluding hydrogens is 245 g/mol. The predicted octanol–water partition coefficient (Wildman–Crippen LogP) is 1.36. The maximum absolute atomic E-state index is 12.1. The van der Waals surface area contributed by atoms with E-state index < -0.39 is 7.60 Å². The van der Waals surface area contributed by atoms with E-state index in [9.17, 15) is 9.36 Å². The number of nitrogens with zero attached hydrogens (tertiary/aromatic N) is 1. The Bertz CT molecular complexity index is 261. The number of methoxy groups -OCH3 is 1. The maximum atomic E-state index is 12.1. The van der Waals surface area contributed by atoms with Gasteiger partial charge in [-0.25, -0.2) is 0 Å². The van der Waals surface area contributed by atoms with Crippen molar-refractivity contribution in [1.82, 2.24) is 4.90 Å². The summed E-state index contributed by atoms with van der Waals surface area (Å²) in [4.78, 5) is 12.7. The molecule has 0 saturated heterocycles. The van der Waals surface area contributed by atoms with Crippen LogP contribution < -0.4 is 0 Å². The van der Waals surface area contributed by atoms with Crippen LogP contribution in [-0.2, 0) is 23.1 Å². The third-order valence-corrected chi connectivity index (χ3v) is 4.08. The summed E-state index contributed by atoms with van der Waals surface area (Å²) >= 11 is 0. The monoisotopic (exact) mass is 267 g/mol. The lowest BCUT2D eigenvalue weighted by Gasteiger charge is -2.20. The Morgan fingerprint density at radius 1 is 1.24 bits per heavy atom. The molecule has 0 unspecified atom stereocenters. The minimum Gasteiger partial charge on any atom is -0.468 e. The zero-order chi connectivity index (χ0) is 13.3. The zero-order valence-corrected chi connectivity index (χ0v) is 11.9. The number of ether oxygens (including phenoxy) is 1. The smallest absolute Gasteiger partial charge is 0.331 e. The molecule has 0 aliphatic carbocycles. The SMILES string of the molecule is CCOP(=O)(CCN(C)CC(=O)OC)OCC. The van der Waals surface area contributed by atoms with Crippen molar-refractivity contribution >= 4 is 13.6 Å². The van der Waals surface area contributed by atoms with E-state index in [1.165, 1.54) is 7.11 Å². The van der Waals surface area contributed by atoms with Crippen LogP contribution in [-0.4, -0.2) is 57.5 Å². The minimum absolute atomic E-state index is 0.161. The van der Waals surface area contributed by atoms with Gasteiger partial charge in [0.15, 0.2) is 0 Å². The number of esters is 1. The summed E-state index contributed by atoms with van der Waals surface area (Å²) < 4.78 is 26.9. The molecule has 0 heterocycles. The Labute approximate surface area is 103 Å². The number of carbonyl (C=O) groups is 1. The Morgan fingerprint density at radius 3 is 2.18 bits per heavy atom. The van der Waals surface area contributed by atoms with E-state index in [0.717, 1.165) is 0 Å². The van der Waals surface area contributed by atoms with Crippen molar-refractivity contribution in [3.8, 4) is 0 Å². The lowest BCUT2D eigenvalue weighted by atomic mass is 10.5. The Morgan fingerprint density at radius 2 is 1.76 bits per heavy atom. The van der Waals surface area contributed by atoms with Gasteiger partial charge in [0.05, 0.1) is 33.0 Å². The molecule has 0 atom stereocenters. The normalized spacial score (nSPS) is 11.8. The molecule has 0 radical (unpaired) electrons. The van der Waals surface area contributed by atoms with Crippen molar-refractivity contribution in [2.24, 2.45) is 0 Å². The highest BCUT2D eigenvalue weighted by molar-refractivity contribution is 7.53. The summed E-state index contributed by atoms with van der Waals surface area (Å²) in [6.45, 7) is 4.84. The van der Waals surface area contributed by atoms with Crippen molar-refractivity contribution in [3.05, 3.63) is 0 Å². The molecule has 0 amide bonds. The van der Waals surface area contributed by atoms with Crippen LogP contribution in [0.4, 0.5) is 0 Å². The van der Waals surface area contributed by atoms with Gasteiger partial charge in [-0.1, -0.05) is 0 Å². The van der Waals surface area contributed by atoms with Gasteiger partial charge in [0.25, 0.3) is 0 Å².